The molecule has 3 rings (SSSR count). The third-order valence-electron chi connectivity index (χ3n) is 5.15. The Kier molecular flexibility index (Phi) is 9.25. The summed E-state index contributed by atoms with van der Waals surface area (Å²) in [7, 11) is 1.89. The van der Waals surface area contributed by atoms with Gasteiger partial charge in [0.25, 0.3) is 0 Å². The van der Waals surface area contributed by atoms with Crippen LogP contribution in [0.2, 0.25) is 0 Å². The molecule has 1 N–H and O–H groups in total. The van der Waals surface area contributed by atoms with Crippen LogP contribution in [-0.4, -0.2) is 69.4 Å². The Bertz CT molecular complexity index is 872. The highest BCUT2D eigenvalue weighted by Gasteiger charge is 2.38. The van der Waals surface area contributed by atoms with Crippen molar-refractivity contribution in [2.24, 2.45) is 5.92 Å². The van der Waals surface area contributed by atoms with E-state index >= 15 is 0 Å². The molecule has 32 heavy (non-hydrogen) atoms. The lowest BCUT2D eigenvalue weighted by atomic mass is 10.0. The molecule has 10 heteroatoms. The molecule has 0 spiro atoms. The van der Waals surface area contributed by atoms with Gasteiger partial charge in [0, 0.05) is 45.5 Å². The lowest BCUT2D eigenvalue weighted by Gasteiger charge is -2.31. The summed E-state index contributed by atoms with van der Waals surface area (Å²) in [6.07, 6.45) is 1.78. The van der Waals surface area contributed by atoms with Crippen LogP contribution >= 0.6 is 0 Å². The highest BCUT2D eigenvalue weighted by molar-refractivity contribution is 5.76. The van der Waals surface area contributed by atoms with Crippen molar-refractivity contribution < 1.29 is 27.9 Å². The first-order valence-corrected chi connectivity index (χ1v) is 10.4. The number of hydrogen-bond acceptors (Lipinski definition) is 4. The van der Waals surface area contributed by atoms with Crippen molar-refractivity contribution in [1.82, 2.24) is 19.6 Å². The van der Waals surface area contributed by atoms with E-state index in [1.165, 1.54) is 12.8 Å². The molecule has 2 heterocycles. The number of rotatable bonds is 6. The number of benzene rings is 1. The molecule has 1 unspecified atom stereocenters. The number of likely N-dealkylation sites (tertiary alicyclic amines) is 1. The van der Waals surface area contributed by atoms with Gasteiger partial charge in [-0.1, -0.05) is 19.1 Å². The molecule has 176 valence electrons. The Hall–Kier alpha value is -2.88. The van der Waals surface area contributed by atoms with E-state index in [9.17, 15) is 18.0 Å². The van der Waals surface area contributed by atoms with Crippen LogP contribution in [0.15, 0.2) is 42.7 Å². The van der Waals surface area contributed by atoms with Gasteiger partial charge in [-0.3, -0.25) is 4.79 Å². The van der Waals surface area contributed by atoms with Crippen molar-refractivity contribution in [2.75, 3.05) is 26.7 Å². The maximum absolute atomic E-state index is 12.5. The Morgan fingerprint density at radius 3 is 2.59 bits per heavy atom. The molecule has 0 bridgehead atoms. The topological polar surface area (TPSA) is 78.7 Å². The third kappa shape index (κ3) is 8.33. The molecular weight excluding hydrogens is 425 g/mol. The monoisotopic (exact) mass is 454 g/mol. The fraction of sp³-hybridized carbons (Fsp3) is 0.500. The maximum atomic E-state index is 12.5. The zero-order valence-corrected chi connectivity index (χ0v) is 18.3. The van der Waals surface area contributed by atoms with Crippen LogP contribution in [0.4, 0.5) is 13.2 Å². The molecule has 1 aliphatic heterocycles. The first kappa shape index (κ1) is 25.4. The lowest BCUT2D eigenvalue weighted by molar-refractivity contribution is -0.192. The molecular formula is C22H29F3N4O3. The fourth-order valence-electron chi connectivity index (χ4n) is 3.52. The van der Waals surface area contributed by atoms with Crippen LogP contribution in [0.5, 0.6) is 0 Å². The van der Waals surface area contributed by atoms with Crippen molar-refractivity contribution in [3.8, 4) is 5.69 Å². The second-order valence-corrected chi connectivity index (χ2v) is 7.97. The van der Waals surface area contributed by atoms with Gasteiger partial charge in [-0.25, -0.2) is 9.48 Å². The smallest absolute Gasteiger partial charge is 0.475 e. The van der Waals surface area contributed by atoms with Gasteiger partial charge in [0.1, 0.15) is 0 Å². The van der Waals surface area contributed by atoms with Crippen molar-refractivity contribution >= 4 is 11.9 Å². The molecule has 0 saturated carbocycles. The Balaban J connectivity index is 0.000000451. The summed E-state index contributed by atoms with van der Waals surface area (Å²) >= 11 is 0. The predicted molar refractivity (Wildman–Crippen MR) is 113 cm³/mol. The van der Waals surface area contributed by atoms with Crippen LogP contribution in [-0.2, 0) is 16.1 Å². The van der Waals surface area contributed by atoms with E-state index in [0.29, 0.717) is 13.0 Å². The quantitative estimate of drug-likeness (QED) is 0.722. The number of alkyl halides is 3. The minimum absolute atomic E-state index is 0.211. The fourth-order valence-corrected chi connectivity index (χ4v) is 3.52. The first-order chi connectivity index (χ1) is 15.1. The number of hydrogen-bond donors (Lipinski definition) is 1. The van der Waals surface area contributed by atoms with E-state index in [1.54, 1.807) is 6.20 Å². The number of halogens is 3. The van der Waals surface area contributed by atoms with Gasteiger partial charge in [0.15, 0.2) is 0 Å². The second-order valence-electron chi connectivity index (χ2n) is 7.97. The van der Waals surface area contributed by atoms with Crippen LogP contribution in [0.25, 0.3) is 5.69 Å². The molecule has 0 aliphatic carbocycles. The molecule has 1 saturated heterocycles. The summed E-state index contributed by atoms with van der Waals surface area (Å²) in [6.45, 7) is 6.06. The third-order valence-corrected chi connectivity index (χ3v) is 5.15. The number of carbonyl (C=O) groups excluding carboxylic acids is 1. The molecule has 2 aromatic rings. The Morgan fingerprint density at radius 2 is 2.00 bits per heavy atom. The number of carboxylic acid groups (broad SMARTS) is 1. The van der Waals surface area contributed by atoms with Gasteiger partial charge in [-0.15, -0.1) is 0 Å². The van der Waals surface area contributed by atoms with Crippen LogP contribution in [0, 0.1) is 5.92 Å². The number of carboxylic acids is 1. The van der Waals surface area contributed by atoms with Gasteiger partial charge in [0.2, 0.25) is 5.91 Å². The van der Waals surface area contributed by atoms with Crippen LogP contribution in [0.3, 0.4) is 0 Å². The maximum Gasteiger partial charge on any atom is 0.490 e. The number of aromatic nitrogens is 2. The van der Waals surface area contributed by atoms with Crippen molar-refractivity contribution in [3.63, 3.8) is 0 Å². The lowest BCUT2D eigenvalue weighted by Crippen LogP contribution is -2.37. The zero-order valence-electron chi connectivity index (χ0n) is 18.3. The Morgan fingerprint density at radius 1 is 1.28 bits per heavy atom. The zero-order chi connectivity index (χ0) is 23.7. The van der Waals surface area contributed by atoms with E-state index in [1.807, 2.05) is 41.0 Å². The number of aliphatic carboxylic acids is 1. The van der Waals surface area contributed by atoms with E-state index in [0.717, 1.165) is 36.8 Å². The molecule has 7 nitrogen and oxygen atoms in total. The molecule has 1 fully saturated rings. The first-order valence-electron chi connectivity index (χ1n) is 10.4. The minimum Gasteiger partial charge on any atom is -0.475 e. The number of amides is 1. The summed E-state index contributed by atoms with van der Waals surface area (Å²) in [5, 5.41) is 11.4. The van der Waals surface area contributed by atoms with E-state index in [4.69, 9.17) is 9.90 Å². The van der Waals surface area contributed by atoms with Crippen molar-refractivity contribution in [3.05, 3.63) is 48.3 Å². The molecule has 1 aromatic carbocycles. The van der Waals surface area contributed by atoms with Crippen molar-refractivity contribution in [1.29, 1.82) is 0 Å². The highest BCUT2D eigenvalue weighted by atomic mass is 19.4. The van der Waals surface area contributed by atoms with E-state index < -0.39 is 12.1 Å². The SMILES string of the molecule is CC1CCCN(CCC(=O)N(C)Cc2cccc(-n3cccn3)c2)C1.O=C(O)C(F)(F)F. The van der Waals surface area contributed by atoms with E-state index in [2.05, 4.69) is 29.1 Å². The number of piperidine rings is 1. The van der Waals surface area contributed by atoms with Gasteiger partial charge >= 0.3 is 12.1 Å². The number of nitrogens with zero attached hydrogens (tertiary/aromatic N) is 4. The standard InChI is InChI=1S/C20H28N4O.C2HF3O2/c1-17-6-4-11-23(15-17)13-9-20(25)22(2)16-18-7-3-8-19(14-18)24-12-5-10-21-24;3-2(4,5)1(6)7/h3,5,7-8,10,12,14,17H,4,6,9,11,13,15-16H2,1-2H3;(H,6,7). The highest BCUT2D eigenvalue weighted by Crippen LogP contribution is 2.16. The molecule has 1 amide bonds. The molecule has 1 aromatic heterocycles. The van der Waals surface area contributed by atoms with Gasteiger partial charge in [0.05, 0.1) is 5.69 Å². The predicted octanol–water partition coefficient (Wildman–Crippen LogP) is 3.59. The molecule has 1 aliphatic rings. The average Bonchev–Trinajstić information content (AvgIpc) is 3.27. The van der Waals surface area contributed by atoms with Gasteiger partial charge < -0.3 is 14.9 Å². The van der Waals surface area contributed by atoms with Gasteiger partial charge in [-0.2, -0.15) is 18.3 Å². The average molecular weight is 454 g/mol. The summed E-state index contributed by atoms with van der Waals surface area (Å²) in [5.74, 6) is -1.79. The second kappa shape index (κ2) is 11.7. The largest absolute Gasteiger partial charge is 0.490 e. The van der Waals surface area contributed by atoms with Gasteiger partial charge in [-0.05, 0) is 49.1 Å². The Labute approximate surface area is 185 Å². The minimum atomic E-state index is -5.08. The molecule has 1 atom stereocenters. The normalized spacial score (nSPS) is 16.7. The van der Waals surface area contributed by atoms with Crippen LogP contribution in [0.1, 0.15) is 31.7 Å². The van der Waals surface area contributed by atoms with Crippen molar-refractivity contribution in [2.45, 2.75) is 38.9 Å². The summed E-state index contributed by atoms with van der Waals surface area (Å²) in [6, 6.07) is 10.1. The summed E-state index contributed by atoms with van der Waals surface area (Å²) < 4.78 is 33.6. The number of carbonyl (C=O) groups is 2. The van der Waals surface area contributed by atoms with Crippen LogP contribution < -0.4 is 0 Å². The summed E-state index contributed by atoms with van der Waals surface area (Å²) in [5.41, 5.74) is 2.14. The summed E-state index contributed by atoms with van der Waals surface area (Å²) in [4.78, 5) is 25.6. The van der Waals surface area contributed by atoms with E-state index in [-0.39, 0.29) is 5.91 Å². The molecule has 0 radical (unpaired) electrons.